The van der Waals surface area contributed by atoms with Crippen LogP contribution in [0.4, 0.5) is 11.5 Å². The van der Waals surface area contributed by atoms with Crippen molar-refractivity contribution in [2.24, 2.45) is 9.98 Å². The predicted molar refractivity (Wildman–Crippen MR) is 157 cm³/mol. The van der Waals surface area contributed by atoms with Gasteiger partial charge in [0.05, 0.1) is 5.82 Å². The van der Waals surface area contributed by atoms with Crippen molar-refractivity contribution in [2.45, 2.75) is 13.8 Å². The minimum atomic E-state index is -0.267. The Hall–Kier alpha value is -3.91. The molecule has 11 heteroatoms. The molecular formula is C31H28Li2N6O3-4. The van der Waals surface area contributed by atoms with Crippen molar-refractivity contribution in [3.05, 3.63) is 93.2 Å². The maximum absolute atomic E-state index is 11.9. The van der Waals surface area contributed by atoms with E-state index in [1.165, 1.54) is 29.7 Å². The first-order valence-electron chi connectivity index (χ1n) is 12.1. The van der Waals surface area contributed by atoms with E-state index in [9.17, 15) is 4.79 Å². The third-order valence-corrected chi connectivity index (χ3v) is 5.29. The average molecular weight is 546 g/mol. The van der Waals surface area contributed by atoms with Crippen molar-refractivity contribution in [2.75, 3.05) is 25.0 Å². The second-order valence-corrected chi connectivity index (χ2v) is 8.02. The van der Waals surface area contributed by atoms with E-state index < -0.39 is 0 Å². The summed E-state index contributed by atoms with van der Waals surface area (Å²) in [6.45, 7) is 13.9. The van der Waals surface area contributed by atoms with E-state index in [4.69, 9.17) is 16.1 Å². The second kappa shape index (κ2) is 19.3. The number of aryl methyl sites for hydroxylation is 1. The Bertz CT molecular complexity index is 1500. The van der Waals surface area contributed by atoms with Crippen LogP contribution in [-0.2, 0) is 4.79 Å². The summed E-state index contributed by atoms with van der Waals surface area (Å²) in [4.78, 5) is 29.5. The summed E-state index contributed by atoms with van der Waals surface area (Å²) in [5.74, 6) is 6.97. The summed E-state index contributed by atoms with van der Waals surface area (Å²) in [7, 11) is 3.30. The Morgan fingerprint density at radius 3 is 2.83 bits per heavy atom. The third kappa shape index (κ3) is 10.8. The summed E-state index contributed by atoms with van der Waals surface area (Å²) in [6, 6.07) is 12.3. The fourth-order valence-corrected chi connectivity index (χ4v) is 3.37. The van der Waals surface area contributed by atoms with E-state index >= 15 is 0 Å². The van der Waals surface area contributed by atoms with Crippen LogP contribution in [0.5, 0.6) is 11.5 Å². The molecule has 0 fully saturated rings. The molecule has 1 heterocycles. The standard InChI is InChI=1S/C31H28N6O3.2Li/c1-6-10-30(38)37(8-3)17-9-18-39-26-12-13-27-28(20-26)34-22-35-31(27)36-24-11-14-29(23(4)19-24)40-25(7-2)15-16-33-21-32-5;;/h2,7,9,11,13-15,19-22H,3,5,8,17-18H2,1,4H3,(H,34,35,36);;/q-6;2*+1/b25-15+,32-21?;;. The van der Waals surface area contributed by atoms with Crippen LogP contribution in [0.1, 0.15) is 12.5 Å². The fraction of sp³-hybridized carbons (Fsp3) is 0.161. The number of nitrogens with zero attached hydrogens (tertiary/aromatic N) is 5. The predicted octanol–water partition coefficient (Wildman–Crippen LogP) is -1.22. The average Bonchev–Trinajstić information content (AvgIpc) is 2.96. The molecule has 9 nitrogen and oxygen atoms in total. The summed E-state index contributed by atoms with van der Waals surface area (Å²) in [6.07, 6.45) is 10.0. The van der Waals surface area contributed by atoms with Gasteiger partial charge in [0, 0.05) is 17.2 Å². The van der Waals surface area contributed by atoms with E-state index in [1.807, 2.05) is 31.5 Å². The molecule has 0 saturated carbocycles. The largest absolute Gasteiger partial charge is 1.00 e. The van der Waals surface area contributed by atoms with Gasteiger partial charge in [0.25, 0.3) is 5.91 Å². The molecule has 3 aromatic rings. The number of benzene rings is 2. The van der Waals surface area contributed by atoms with Gasteiger partial charge in [-0.25, -0.2) is 4.98 Å². The maximum Gasteiger partial charge on any atom is 1.00 e. The number of amides is 1. The van der Waals surface area contributed by atoms with Crippen LogP contribution in [0.3, 0.4) is 0 Å². The van der Waals surface area contributed by atoms with E-state index in [1.54, 1.807) is 19.1 Å². The summed E-state index contributed by atoms with van der Waals surface area (Å²) >= 11 is 0. The Morgan fingerprint density at radius 2 is 2.14 bits per heavy atom. The van der Waals surface area contributed by atoms with Gasteiger partial charge in [-0.15, -0.1) is 31.3 Å². The fourth-order valence-electron chi connectivity index (χ4n) is 3.37. The van der Waals surface area contributed by atoms with Crippen molar-refractivity contribution in [1.29, 1.82) is 0 Å². The molecule has 0 bridgehead atoms. The summed E-state index contributed by atoms with van der Waals surface area (Å²) in [5.41, 5.74) is 2.36. The molecule has 42 heavy (non-hydrogen) atoms. The van der Waals surface area contributed by atoms with Gasteiger partial charge in [-0.2, -0.15) is 19.2 Å². The van der Waals surface area contributed by atoms with Gasteiger partial charge in [0.1, 0.15) is 12.1 Å². The van der Waals surface area contributed by atoms with Crippen LogP contribution in [0.2, 0.25) is 0 Å². The zero-order valence-corrected chi connectivity index (χ0v) is 24.3. The van der Waals surface area contributed by atoms with E-state index in [0.29, 0.717) is 41.7 Å². The zero-order chi connectivity index (χ0) is 28.7. The van der Waals surface area contributed by atoms with Crippen molar-refractivity contribution >= 4 is 40.9 Å². The van der Waals surface area contributed by atoms with Gasteiger partial charge in [-0.3, -0.25) is 22.8 Å². The first kappa shape index (κ1) is 36.1. The van der Waals surface area contributed by atoms with Gasteiger partial charge in [0.2, 0.25) is 0 Å². The number of nitrogens with one attached hydrogen (secondary N) is 1. The molecule has 1 aromatic heterocycles. The maximum atomic E-state index is 11.9. The monoisotopic (exact) mass is 546 g/mol. The molecule has 0 aliphatic carbocycles. The molecule has 0 saturated heterocycles. The molecule has 3 rings (SSSR count). The molecule has 0 aliphatic heterocycles. The summed E-state index contributed by atoms with van der Waals surface area (Å²) in [5, 5.41) is 4.09. The van der Waals surface area contributed by atoms with Crippen molar-refractivity contribution in [1.82, 2.24) is 14.9 Å². The number of allylic oxidation sites excluding steroid dienone is 2. The minimum Gasteiger partial charge on any atom is -0.551 e. The Labute approximate surface area is 272 Å². The van der Waals surface area contributed by atoms with E-state index in [0.717, 1.165) is 16.6 Å². The summed E-state index contributed by atoms with van der Waals surface area (Å²) < 4.78 is 11.6. The molecule has 0 atom stereocenters. The SMILES string of the molecule is [CH-]=C/C(=C\[C-]=NC=N[CH2-])Oc1ccc(Nc2ncnc3cc(OC[CH-]CN(C[CH2-])C(=O)C#CC)[c-]cc23)cc1C.[Li+].[Li+]. The molecule has 206 valence electrons. The Morgan fingerprint density at radius 1 is 1.33 bits per heavy atom. The number of ether oxygens (including phenoxy) is 2. The van der Waals surface area contributed by atoms with Crippen LogP contribution >= 0.6 is 0 Å². The molecule has 1 N–H and O–H groups in total. The number of hydrogen-bond donors (Lipinski definition) is 1. The van der Waals surface area contributed by atoms with Crippen LogP contribution in [0.15, 0.2) is 64.6 Å². The number of carbonyl (C=O) groups excluding carboxylic acids is 1. The number of anilines is 2. The number of aliphatic imine (C=N–C) groups is 2. The Kier molecular flexibility index (Phi) is 16.6. The van der Waals surface area contributed by atoms with Gasteiger partial charge >= 0.3 is 37.7 Å². The van der Waals surface area contributed by atoms with Crippen LogP contribution in [0.25, 0.3) is 10.9 Å². The second-order valence-electron chi connectivity index (χ2n) is 8.02. The first-order chi connectivity index (χ1) is 19.5. The quantitative estimate of drug-likeness (QED) is 0.0422. The van der Waals surface area contributed by atoms with Gasteiger partial charge in [0.15, 0.2) is 0 Å². The molecule has 2 aromatic carbocycles. The number of hydrogen-bond acceptors (Lipinski definition) is 7. The third-order valence-electron chi connectivity index (χ3n) is 5.29. The van der Waals surface area contributed by atoms with Crippen LogP contribution in [-0.4, -0.2) is 53.0 Å². The molecule has 0 unspecified atom stereocenters. The minimum absolute atomic E-state index is 0. The van der Waals surface area contributed by atoms with Gasteiger partial charge < -0.3 is 36.6 Å². The van der Waals surface area contributed by atoms with Crippen LogP contribution in [0, 0.1) is 51.8 Å². The number of carbonyl (C=O) groups is 1. The molecule has 0 radical (unpaired) electrons. The number of aromatic nitrogens is 2. The molecule has 0 aliphatic rings. The van der Waals surface area contributed by atoms with E-state index in [-0.39, 0.29) is 50.2 Å². The zero-order valence-electron chi connectivity index (χ0n) is 24.3. The van der Waals surface area contributed by atoms with Crippen molar-refractivity contribution in [3.8, 4) is 23.3 Å². The van der Waals surface area contributed by atoms with E-state index in [2.05, 4.69) is 63.4 Å². The topological polar surface area (TPSA) is 101 Å². The normalized spacial score (nSPS) is 10.8. The van der Waals surface area contributed by atoms with Crippen molar-refractivity contribution in [3.63, 3.8) is 0 Å². The molecule has 0 spiro atoms. The van der Waals surface area contributed by atoms with Gasteiger partial charge in [-0.05, 0) is 55.7 Å². The van der Waals surface area contributed by atoms with Gasteiger partial charge in [-0.1, -0.05) is 23.9 Å². The smallest absolute Gasteiger partial charge is 0.551 e. The number of rotatable bonds is 13. The molecule has 1 amide bonds. The first-order valence-corrected chi connectivity index (χ1v) is 12.1. The Balaban J connectivity index is 0.00000441. The number of fused-ring (bicyclic) bond motifs is 1. The van der Waals surface area contributed by atoms with Crippen molar-refractivity contribution < 1.29 is 52.0 Å². The molecular weight excluding hydrogens is 518 g/mol. The van der Waals surface area contributed by atoms with Crippen LogP contribution < -0.4 is 52.5 Å².